The van der Waals surface area contributed by atoms with E-state index in [4.69, 9.17) is 5.73 Å². The van der Waals surface area contributed by atoms with E-state index in [1.54, 1.807) is 0 Å². The highest BCUT2D eigenvalue weighted by Gasteiger charge is 2.06. The van der Waals surface area contributed by atoms with Crippen LogP contribution in [0.15, 0.2) is 0 Å². The Labute approximate surface area is 82.9 Å². The van der Waals surface area contributed by atoms with E-state index in [1.807, 2.05) is 20.9 Å². The predicted octanol–water partition coefficient (Wildman–Crippen LogP) is 1.02. The minimum atomic E-state index is 0.247. The molecule has 0 aliphatic heterocycles. The maximum absolute atomic E-state index is 5.66. The van der Waals surface area contributed by atoms with Crippen LogP contribution in [0.1, 0.15) is 19.2 Å². The van der Waals surface area contributed by atoms with Gasteiger partial charge in [0.1, 0.15) is 5.82 Å². The van der Waals surface area contributed by atoms with Crippen LogP contribution < -0.4 is 10.6 Å². The Morgan fingerprint density at radius 1 is 1.62 bits per heavy atom. The first-order chi connectivity index (χ1) is 6.09. The molecule has 0 spiro atoms. The minimum absolute atomic E-state index is 0.247. The summed E-state index contributed by atoms with van der Waals surface area (Å²) in [5.74, 6) is 0.840. The van der Waals surface area contributed by atoms with Crippen molar-refractivity contribution in [3.05, 3.63) is 5.82 Å². The first-order valence-electron chi connectivity index (χ1n) is 4.36. The molecule has 1 unspecified atom stereocenters. The third-order valence-corrected chi connectivity index (χ3v) is 2.69. The Balaban J connectivity index is 2.44. The van der Waals surface area contributed by atoms with Gasteiger partial charge in [-0.05, 0) is 20.3 Å². The maximum Gasteiger partial charge on any atom is 0.204 e. The largest absolute Gasteiger partial charge is 0.350 e. The molecule has 5 heteroatoms. The Kier molecular flexibility index (Phi) is 3.62. The average molecular weight is 200 g/mol. The summed E-state index contributed by atoms with van der Waals surface area (Å²) in [6.07, 6.45) is 0.981. The fourth-order valence-corrected chi connectivity index (χ4v) is 1.59. The van der Waals surface area contributed by atoms with E-state index >= 15 is 0 Å². The van der Waals surface area contributed by atoms with Gasteiger partial charge in [-0.2, -0.15) is 4.37 Å². The van der Waals surface area contributed by atoms with E-state index < -0.39 is 0 Å². The van der Waals surface area contributed by atoms with Gasteiger partial charge in [-0.1, -0.05) is 0 Å². The number of nitrogens with zero attached hydrogens (tertiary/aromatic N) is 3. The predicted molar refractivity (Wildman–Crippen MR) is 56.2 cm³/mol. The molecule has 4 nitrogen and oxygen atoms in total. The number of hydrogen-bond acceptors (Lipinski definition) is 5. The van der Waals surface area contributed by atoms with E-state index in [9.17, 15) is 0 Å². The van der Waals surface area contributed by atoms with E-state index in [-0.39, 0.29) is 6.04 Å². The minimum Gasteiger partial charge on any atom is -0.350 e. The lowest BCUT2D eigenvalue weighted by Crippen LogP contribution is -2.25. The van der Waals surface area contributed by atoms with Crippen LogP contribution in [0.3, 0.4) is 0 Å². The summed E-state index contributed by atoms with van der Waals surface area (Å²) in [4.78, 5) is 6.37. The number of hydrogen-bond donors (Lipinski definition) is 1. The van der Waals surface area contributed by atoms with Crippen LogP contribution in [-0.2, 0) is 0 Å². The van der Waals surface area contributed by atoms with Crippen LogP contribution >= 0.6 is 11.5 Å². The van der Waals surface area contributed by atoms with Crippen LogP contribution in [0.4, 0.5) is 5.13 Å². The van der Waals surface area contributed by atoms with Crippen LogP contribution in [-0.4, -0.2) is 29.0 Å². The maximum atomic E-state index is 5.66. The molecule has 0 aliphatic carbocycles. The van der Waals surface area contributed by atoms with Gasteiger partial charge in [0.15, 0.2) is 0 Å². The highest BCUT2D eigenvalue weighted by atomic mass is 32.1. The SMILES string of the molecule is Cc1nsc(N(C)CCC(C)N)n1. The molecule has 1 heterocycles. The monoisotopic (exact) mass is 200 g/mol. The summed E-state index contributed by atoms with van der Waals surface area (Å²) in [5, 5.41) is 0.971. The number of rotatable bonds is 4. The Hall–Kier alpha value is -0.680. The molecule has 0 amide bonds. The summed E-state index contributed by atoms with van der Waals surface area (Å²) < 4.78 is 4.12. The molecule has 0 radical (unpaired) electrons. The molecule has 0 fully saturated rings. The highest BCUT2D eigenvalue weighted by Crippen LogP contribution is 2.15. The second kappa shape index (κ2) is 4.53. The first kappa shape index (κ1) is 10.4. The summed E-state index contributed by atoms with van der Waals surface area (Å²) in [6.45, 7) is 4.85. The van der Waals surface area contributed by atoms with Crippen LogP contribution in [0, 0.1) is 6.92 Å². The van der Waals surface area contributed by atoms with Crippen molar-refractivity contribution in [3.8, 4) is 0 Å². The summed E-state index contributed by atoms with van der Waals surface area (Å²) in [7, 11) is 2.02. The molecule has 0 aromatic carbocycles. The number of anilines is 1. The van der Waals surface area contributed by atoms with E-state index in [2.05, 4.69) is 14.3 Å². The lowest BCUT2D eigenvalue weighted by Gasteiger charge is -2.15. The zero-order chi connectivity index (χ0) is 9.84. The number of nitrogens with two attached hydrogens (primary N) is 1. The molecular weight excluding hydrogens is 184 g/mol. The van der Waals surface area contributed by atoms with Gasteiger partial charge in [0.05, 0.1) is 0 Å². The summed E-state index contributed by atoms with van der Waals surface area (Å²) in [5.41, 5.74) is 5.66. The lowest BCUT2D eigenvalue weighted by molar-refractivity contribution is 0.658. The quantitative estimate of drug-likeness (QED) is 0.788. The van der Waals surface area contributed by atoms with Crippen molar-refractivity contribution in [2.75, 3.05) is 18.5 Å². The van der Waals surface area contributed by atoms with E-state index in [0.717, 1.165) is 23.9 Å². The van der Waals surface area contributed by atoms with Gasteiger partial charge in [-0.25, -0.2) is 4.98 Å². The van der Waals surface area contributed by atoms with Gasteiger partial charge in [0.25, 0.3) is 0 Å². The zero-order valence-corrected chi connectivity index (χ0v) is 9.14. The molecule has 0 bridgehead atoms. The lowest BCUT2D eigenvalue weighted by atomic mass is 10.2. The fraction of sp³-hybridized carbons (Fsp3) is 0.750. The fourth-order valence-electron chi connectivity index (χ4n) is 0.934. The molecule has 13 heavy (non-hydrogen) atoms. The standard InChI is InChI=1S/C8H16N4S/c1-6(9)4-5-12(3)8-10-7(2)11-13-8/h6H,4-5,9H2,1-3H3. The molecule has 1 atom stereocenters. The molecule has 1 aromatic rings. The van der Waals surface area contributed by atoms with Crippen molar-refractivity contribution in [3.63, 3.8) is 0 Å². The van der Waals surface area contributed by atoms with E-state index in [0.29, 0.717) is 0 Å². The summed E-state index contributed by atoms with van der Waals surface area (Å²) in [6, 6.07) is 0.247. The molecular formula is C8H16N4S. The van der Waals surface area contributed by atoms with Crippen molar-refractivity contribution in [2.45, 2.75) is 26.3 Å². The van der Waals surface area contributed by atoms with Gasteiger partial charge in [0.2, 0.25) is 5.13 Å². The van der Waals surface area contributed by atoms with Gasteiger partial charge in [-0.15, -0.1) is 0 Å². The molecule has 0 saturated heterocycles. The Morgan fingerprint density at radius 2 is 2.31 bits per heavy atom. The Bertz CT molecular complexity index is 258. The molecule has 1 rings (SSSR count). The van der Waals surface area contributed by atoms with Crippen molar-refractivity contribution in [1.29, 1.82) is 0 Å². The van der Waals surface area contributed by atoms with Gasteiger partial charge >= 0.3 is 0 Å². The van der Waals surface area contributed by atoms with Crippen molar-refractivity contribution in [1.82, 2.24) is 9.36 Å². The van der Waals surface area contributed by atoms with Crippen LogP contribution in [0.5, 0.6) is 0 Å². The molecule has 1 aromatic heterocycles. The topological polar surface area (TPSA) is 55.0 Å². The number of aromatic nitrogens is 2. The van der Waals surface area contributed by atoms with Crippen LogP contribution in [0.25, 0.3) is 0 Å². The third kappa shape index (κ3) is 3.28. The van der Waals surface area contributed by atoms with Crippen molar-refractivity contribution >= 4 is 16.7 Å². The zero-order valence-electron chi connectivity index (χ0n) is 8.32. The molecule has 2 N–H and O–H groups in total. The smallest absolute Gasteiger partial charge is 0.204 e. The third-order valence-electron chi connectivity index (χ3n) is 1.76. The number of aryl methyl sites for hydroxylation is 1. The van der Waals surface area contributed by atoms with E-state index in [1.165, 1.54) is 11.5 Å². The normalized spacial score (nSPS) is 12.9. The van der Waals surface area contributed by atoms with Gasteiger partial charge in [-0.3, -0.25) is 0 Å². The molecule has 74 valence electrons. The average Bonchev–Trinajstić information content (AvgIpc) is 2.47. The highest BCUT2D eigenvalue weighted by molar-refractivity contribution is 7.09. The molecule has 0 aliphatic rings. The van der Waals surface area contributed by atoms with Gasteiger partial charge in [0, 0.05) is 31.2 Å². The molecule has 0 saturated carbocycles. The second-order valence-electron chi connectivity index (χ2n) is 3.31. The first-order valence-corrected chi connectivity index (χ1v) is 5.14. The van der Waals surface area contributed by atoms with Crippen LogP contribution in [0.2, 0.25) is 0 Å². The van der Waals surface area contributed by atoms with Gasteiger partial charge < -0.3 is 10.6 Å². The second-order valence-corrected chi connectivity index (χ2v) is 4.04. The van der Waals surface area contributed by atoms with Crippen molar-refractivity contribution in [2.24, 2.45) is 5.73 Å². The Morgan fingerprint density at radius 3 is 2.77 bits per heavy atom. The van der Waals surface area contributed by atoms with Crippen molar-refractivity contribution < 1.29 is 0 Å². The summed E-state index contributed by atoms with van der Waals surface area (Å²) >= 11 is 1.43.